The Kier molecular flexibility index (Phi) is 7.33. The molecule has 0 saturated carbocycles. The maximum atomic E-state index is 11.9. The Morgan fingerprint density at radius 1 is 1.25 bits per heavy atom. The van der Waals surface area contributed by atoms with E-state index < -0.39 is 50.9 Å². The van der Waals surface area contributed by atoms with E-state index >= 15 is 0 Å². The molecule has 1 aliphatic heterocycles. The molecule has 1 aromatic carbocycles. The third kappa shape index (κ3) is 7.79. The summed E-state index contributed by atoms with van der Waals surface area (Å²) >= 11 is 0. The summed E-state index contributed by atoms with van der Waals surface area (Å²) in [7, 11) is -6.98. The van der Waals surface area contributed by atoms with Crippen molar-refractivity contribution in [2.75, 3.05) is 24.7 Å². The van der Waals surface area contributed by atoms with E-state index in [1.165, 1.54) is 6.08 Å². The third-order valence-electron chi connectivity index (χ3n) is 3.90. The molecule has 0 radical (unpaired) electrons. The van der Waals surface area contributed by atoms with Crippen molar-refractivity contribution in [3.8, 4) is 0 Å². The van der Waals surface area contributed by atoms with Crippen LogP contribution in [-0.2, 0) is 34.2 Å². The third-order valence-corrected chi connectivity index (χ3v) is 6.71. The summed E-state index contributed by atoms with van der Waals surface area (Å²) in [5.41, 5.74) is 1.73. The monoisotopic (exact) mass is 430 g/mol. The number of aryl methyl sites for hydroxylation is 1. The van der Waals surface area contributed by atoms with Crippen LogP contribution in [0.2, 0.25) is 0 Å². The first-order valence-corrected chi connectivity index (χ1v) is 11.8. The number of carbonyl (C=O) groups is 2. The normalized spacial score (nSPS) is 18.8. The maximum absolute atomic E-state index is 11.9. The van der Waals surface area contributed by atoms with Crippen LogP contribution in [0.3, 0.4) is 0 Å². The van der Waals surface area contributed by atoms with Gasteiger partial charge in [-0.15, -0.1) is 0 Å². The lowest BCUT2D eigenvalue weighted by molar-refractivity contribution is -0.147. The Morgan fingerprint density at radius 3 is 2.54 bits per heavy atom. The van der Waals surface area contributed by atoms with Gasteiger partial charge in [0.1, 0.15) is 6.54 Å². The molecule has 1 aromatic rings. The van der Waals surface area contributed by atoms with Gasteiger partial charge in [-0.1, -0.05) is 29.8 Å². The van der Waals surface area contributed by atoms with E-state index in [4.69, 9.17) is 0 Å². The van der Waals surface area contributed by atoms with Crippen LogP contribution in [0.1, 0.15) is 17.5 Å². The number of hydrogen-bond donors (Lipinski definition) is 2. The molecule has 0 aromatic heterocycles. The highest BCUT2D eigenvalue weighted by Crippen LogP contribution is 2.11. The summed E-state index contributed by atoms with van der Waals surface area (Å²) in [6, 6.07) is 6.68. The molecule has 2 rings (SSSR count). The molecule has 1 heterocycles. The van der Waals surface area contributed by atoms with Crippen LogP contribution in [-0.4, -0.2) is 59.4 Å². The van der Waals surface area contributed by atoms with Gasteiger partial charge in [0.2, 0.25) is 10.0 Å². The van der Waals surface area contributed by atoms with Gasteiger partial charge in [-0.25, -0.2) is 21.6 Å². The largest absolute Gasteiger partial charge is 0.455 e. The number of sulfonamides is 1. The predicted molar refractivity (Wildman–Crippen MR) is 103 cm³/mol. The standard InChI is InChI=1S/C17H22N2O7S2/c1-13-2-4-14(5-3-13)6-9-28(24,25)18-10-17(21)26-11-16(20)19-15-7-8-27(22,23)12-15/h2-6,9,15,18H,7-8,10-12H2,1H3,(H,19,20)/b9-6+. The maximum Gasteiger partial charge on any atom is 0.321 e. The lowest BCUT2D eigenvalue weighted by Crippen LogP contribution is -2.39. The molecule has 1 amide bonds. The van der Waals surface area contributed by atoms with Crippen LogP contribution in [0.4, 0.5) is 0 Å². The number of carbonyl (C=O) groups excluding carboxylic acids is 2. The number of amides is 1. The van der Waals surface area contributed by atoms with E-state index in [1.54, 1.807) is 12.1 Å². The number of benzene rings is 1. The molecule has 0 aliphatic carbocycles. The molecular formula is C17H22N2O7S2. The minimum Gasteiger partial charge on any atom is -0.455 e. The number of rotatable bonds is 8. The number of ether oxygens (including phenoxy) is 1. The zero-order chi connectivity index (χ0) is 20.8. The zero-order valence-corrected chi connectivity index (χ0v) is 16.9. The van der Waals surface area contributed by atoms with Gasteiger partial charge >= 0.3 is 5.97 Å². The van der Waals surface area contributed by atoms with E-state index in [-0.39, 0.29) is 11.5 Å². The van der Waals surface area contributed by atoms with Gasteiger partial charge in [0.15, 0.2) is 16.4 Å². The molecule has 9 nitrogen and oxygen atoms in total. The average molecular weight is 431 g/mol. The molecule has 1 saturated heterocycles. The van der Waals surface area contributed by atoms with Gasteiger partial charge in [-0.2, -0.15) is 0 Å². The topological polar surface area (TPSA) is 136 Å². The first-order chi connectivity index (χ1) is 13.0. The number of esters is 1. The predicted octanol–water partition coefficient (Wildman–Crippen LogP) is -0.268. The van der Waals surface area contributed by atoms with Crippen LogP contribution in [0.25, 0.3) is 6.08 Å². The molecule has 2 N–H and O–H groups in total. The molecule has 1 atom stereocenters. The SMILES string of the molecule is Cc1ccc(/C=C/S(=O)(=O)NCC(=O)OCC(=O)NC2CCS(=O)(=O)C2)cc1. The Labute approximate surface area is 164 Å². The lowest BCUT2D eigenvalue weighted by atomic mass is 10.2. The number of hydrogen-bond acceptors (Lipinski definition) is 7. The summed E-state index contributed by atoms with van der Waals surface area (Å²) in [4.78, 5) is 23.3. The van der Waals surface area contributed by atoms with E-state index in [2.05, 4.69) is 10.1 Å². The molecule has 1 fully saturated rings. The Balaban J connectivity index is 1.72. The van der Waals surface area contributed by atoms with Crippen LogP contribution >= 0.6 is 0 Å². The molecular weight excluding hydrogens is 408 g/mol. The van der Waals surface area contributed by atoms with Crippen molar-refractivity contribution in [1.82, 2.24) is 10.0 Å². The fourth-order valence-corrected chi connectivity index (χ4v) is 4.85. The van der Waals surface area contributed by atoms with E-state index in [9.17, 15) is 26.4 Å². The van der Waals surface area contributed by atoms with Crippen LogP contribution in [0.5, 0.6) is 0 Å². The van der Waals surface area contributed by atoms with Crippen LogP contribution in [0.15, 0.2) is 29.7 Å². The highest BCUT2D eigenvalue weighted by atomic mass is 32.2. The second kappa shape index (κ2) is 9.30. The van der Waals surface area contributed by atoms with Gasteiger partial charge in [0, 0.05) is 11.4 Å². The highest BCUT2D eigenvalue weighted by Gasteiger charge is 2.29. The Hall–Kier alpha value is -2.24. The summed E-state index contributed by atoms with van der Waals surface area (Å²) in [6.45, 7) is 0.662. The Morgan fingerprint density at radius 2 is 1.93 bits per heavy atom. The smallest absolute Gasteiger partial charge is 0.321 e. The minimum atomic E-state index is -3.85. The molecule has 154 valence electrons. The Bertz CT molecular complexity index is 952. The van der Waals surface area contributed by atoms with Crippen molar-refractivity contribution in [1.29, 1.82) is 0 Å². The quantitative estimate of drug-likeness (QED) is 0.542. The number of sulfone groups is 1. The molecule has 0 bridgehead atoms. The molecule has 1 unspecified atom stereocenters. The molecule has 0 spiro atoms. The average Bonchev–Trinajstić information content (AvgIpc) is 2.96. The van der Waals surface area contributed by atoms with Crippen LogP contribution < -0.4 is 10.0 Å². The fraction of sp³-hybridized carbons (Fsp3) is 0.412. The highest BCUT2D eigenvalue weighted by molar-refractivity contribution is 7.92. The fourth-order valence-electron chi connectivity index (χ4n) is 2.43. The minimum absolute atomic E-state index is 0.00954. The first-order valence-electron chi connectivity index (χ1n) is 8.44. The van der Waals surface area contributed by atoms with Gasteiger partial charge < -0.3 is 10.1 Å². The van der Waals surface area contributed by atoms with Crippen molar-refractivity contribution in [3.63, 3.8) is 0 Å². The number of nitrogens with one attached hydrogen (secondary N) is 2. The van der Waals surface area contributed by atoms with Gasteiger partial charge in [-0.05, 0) is 25.0 Å². The molecule has 28 heavy (non-hydrogen) atoms. The lowest BCUT2D eigenvalue weighted by Gasteiger charge is -2.11. The van der Waals surface area contributed by atoms with Gasteiger partial charge in [-0.3, -0.25) is 9.59 Å². The zero-order valence-electron chi connectivity index (χ0n) is 15.3. The summed E-state index contributed by atoms with van der Waals surface area (Å²) in [6.07, 6.45) is 1.70. The van der Waals surface area contributed by atoms with Gasteiger partial charge in [0.25, 0.3) is 5.91 Å². The first kappa shape index (κ1) is 22.1. The second-order valence-electron chi connectivity index (χ2n) is 6.41. The van der Waals surface area contributed by atoms with Crippen molar-refractivity contribution in [2.45, 2.75) is 19.4 Å². The van der Waals surface area contributed by atoms with E-state index in [0.717, 1.165) is 11.0 Å². The molecule has 1 aliphatic rings. The van der Waals surface area contributed by atoms with Crippen molar-refractivity contribution in [3.05, 3.63) is 40.8 Å². The van der Waals surface area contributed by atoms with E-state index in [0.29, 0.717) is 12.0 Å². The van der Waals surface area contributed by atoms with E-state index in [1.807, 2.05) is 23.8 Å². The second-order valence-corrected chi connectivity index (χ2v) is 10.3. The van der Waals surface area contributed by atoms with Crippen LogP contribution in [0, 0.1) is 6.92 Å². The molecule has 11 heteroatoms. The van der Waals surface area contributed by atoms with Gasteiger partial charge in [0.05, 0.1) is 11.5 Å². The van der Waals surface area contributed by atoms with Crippen molar-refractivity contribution < 1.29 is 31.2 Å². The van der Waals surface area contributed by atoms with Crippen molar-refractivity contribution in [2.24, 2.45) is 0 Å². The summed E-state index contributed by atoms with van der Waals surface area (Å²) in [5.74, 6) is -1.70. The van der Waals surface area contributed by atoms with Crippen molar-refractivity contribution >= 4 is 37.8 Å². The summed E-state index contributed by atoms with van der Waals surface area (Å²) < 4.78 is 53.1. The summed E-state index contributed by atoms with van der Waals surface area (Å²) in [5, 5.41) is 3.39.